The van der Waals surface area contributed by atoms with E-state index in [0.717, 1.165) is 16.7 Å². The summed E-state index contributed by atoms with van der Waals surface area (Å²) >= 11 is 23.6. The van der Waals surface area contributed by atoms with Crippen molar-refractivity contribution >= 4 is 58.2 Å². The number of benzene rings is 1. The van der Waals surface area contributed by atoms with Crippen LogP contribution in [-0.2, 0) is 0 Å². The molecule has 0 atom stereocenters. The lowest BCUT2D eigenvalue weighted by molar-refractivity contribution is 0.00564. The number of nitrogens with zero attached hydrogens (tertiary/aromatic N) is 1. The molecule has 0 aliphatic carbocycles. The minimum Gasteiger partial charge on any atom is -0.733 e. The molecule has 98 valence electrons. The van der Waals surface area contributed by atoms with Crippen molar-refractivity contribution in [2.75, 3.05) is 0 Å². The molecule has 1 aromatic rings. The van der Waals surface area contributed by atoms with Crippen LogP contribution in [0.3, 0.4) is 0 Å². The van der Waals surface area contributed by atoms with Crippen LogP contribution in [0.15, 0.2) is 54.8 Å². The third kappa shape index (κ3) is 4.55. The zero-order valence-corrected chi connectivity index (χ0v) is 12.4. The highest BCUT2D eigenvalue weighted by Gasteiger charge is 2.15. The lowest BCUT2D eigenvalue weighted by Gasteiger charge is -2.23. The van der Waals surface area contributed by atoms with Gasteiger partial charge in [0.2, 0.25) is 0 Å². The Hall–Kier alpha value is -0.0700. The summed E-state index contributed by atoms with van der Waals surface area (Å²) in [4.78, 5) is 0.808. The van der Waals surface area contributed by atoms with Crippen molar-refractivity contribution < 1.29 is 5.21 Å². The van der Waals surface area contributed by atoms with Crippen LogP contribution in [0.2, 0.25) is 0 Å². The largest absolute Gasteiger partial charge is 0.733 e. The van der Waals surface area contributed by atoms with Gasteiger partial charge in [-0.15, -0.1) is 0 Å². The van der Waals surface area contributed by atoms with Crippen LogP contribution in [0.4, 0.5) is 0 Å². The smallest absolute Gasteiger partial charge is 0.133 e. The molecule has 0 unspecified atom stereocenters. The molecular weight excluding hydrogens is 340 g/mol. The Morgan fingerprint density at radius 2 is 1.67 bits per heavy atom. The fourth-order valence-corrected chi connectivity index (χ4v) is 2.60. The summed E-state index contributed by atoms with van der Waals surface area (Å²) < 4.78 is -0.255. The SMILES string of the molecule is [O-]N(O)/C(Cl)=C(\Sc1ccccc1)C(Cl)=C(Cl)Cl. The quantitative estimate of drug-likeness (QED) is 0.350. The molecule has 0 saturated heterocycles. The summed E-state index contributed by atoms with van der Waals surface area (Å²) in [6.45, 7) is 0. The second-order valence-corrected chi connectivity index (χ2v) is 5.65. The molecule has 18 heavy (non-hydrogen) atoms. The van der Waals surface area contributed by atoms with E-state index in [0.29, 0.717) is 0 Å². The van der Waals surface area contributed by atoms with Gasteiger partial charge in [0, 0.05) is 4.90 Å². The van der Waals surface area contributed by atoms with Crippen molar-refractivity contribution in [3.05, 3.63) is 55.1 Å². The molecule has 1 N–H and O–H groups in total. The molecule has 0 amide bonds. The molecule has 0 aliphatic heterocycles. The van der Waals surface area contributed by atoms with Crippen LogP contribution in [0, 0.1) is 5.21 Å². The number of hydrogen-bond donors (Lipinski definition) is 1. The normalized spacial score (nSPS) is 11.9. The molecule has 0 heterocycles. The minimum atomic E-state index is -0.521. The number of thioether (sulfide) groups is 1. The van der Waals surface area contributed by atoms with Gasteiger partial charge < -0.3 is 10.4 Å². The first kappa shape index (κ1) is 16.0. The molecule has 3 nitrogen and oxygen atoms in total. The van der Waals surface area contributed by atoms with Gasteiger partial charge in [0.25, 0.3) is 0 Å². The zero-order valence-electron chi connectivity index (χ0n) is 8.61. The van der Waals surface area contributed by atoms with E-state index < -0.39 is 10.4 Å². The molecule has 1 aromatic carbocycles. The van der Waals surface area contributed by atoms with E-state index in [-0.39, 0.29) is 14.4 Å². The van der Waals surface area contributed by atoms with Crippen molar-refractivity contribution in [3.63, 3.8) is 0 Å². The molecule has 0 bridgehead atoms. The van der Waals surface area contributed by atoms with Crippen LogP contribution in [0.25, 0.3) is 0 Å². The van der Waals surface area contributed by atoms with Crippen LogP contribution < -0.4 is 0 Å². The Bertz CT molecular complexity index is 472. The fraction of sp³-hybridized carbons (Fsp3) is 0. The number of hydroxylamine groups is 2. The van der Waals surface area contributed by atoms with Gasteiger partial charge in [0.05, 0.1) is 9.94 Å². The third-order valence-electron chi connectivity index (χ3n) is 1.68. The van der Waals surface area contributed by atoms with E-state index in [1.165, 1.54) is 0 Å². The summed E-state index contributed by atoms with van der Waals surface area (Å²) in [5.74, 6) is 0. The maximum absolute atomic E-state index is 10.8. The number of allylic oxidation sites excluding steroid dienone is 1. The number of hydrogen-bond acceptors (Lipinski definition) is 4. The van der Waals surface area contributed by atoms with Gasteiger partial charge in [-0.25, -0.2) is 0 Å². The average molecular weight is 346 g/mol. The highest BCUT2D eigenvalue weighted by Crippen LogP contribution is 2.40. The van der Waals surface area contributed by atoms with Gasteiger partial charge >= 0.3 is 0 Å². The maximum Gasteiger partial charge on any atom is 0.133 e. The van der Waals surface area contributed by atoms with Crippen molar-refractivity contribution in [1.29, 1.82) is 0 Å². The van der Waals surface area contributed by atoms with E-state index in [9.17, 15) is 5.21 Å². The van der Waals surface area contributed by atoms with E-state index >= 15 is 0 Å². The Labute approximate surface area is 128 Å². The molecule has 0 fully saturated rings. The molecule has 1 rings (SSSR count). The molecule has 0 aromatic heterocycles. The topological polar surface area (TPSA) is 46.5 Å². The van der Waals surface area contributed by atoms with Crippen LogP contribution in [-0.4, -0.2) is 10.4 Å². The molecule has 0 radical (unpaired) electrons. The molecule has 8 heteroatoms. The van der Waals surface area contributed by atoms with Crippen LogP contribution in [0.5, 0.6) is 0 Å². The summed E-state index contributed by atoms with van der Waals surface area (Å²) in [5.41, 5.74) is 0. The summed E-state index contributed by atoms with van der Waals surface area (Å²) in [6, 6.07) is 8.96. The Morgan fingerprint density at radius 3 is 2.11 bits per heavy atom. The number of rotatable bonds is 4. The van der Waals surface area contributed by atoms with Gasteiger partial charge in [0.1, 0.15) is 9.65 Å². The Morgan fingerprint density at radius 1 is 1.11 bits per heavy atom. The van der Waals surface area contributed by atoms with E-state index in [2.05, 4.69) is 0 Å². The standard InChI is InChI=1S/C10H6Cl4NO2S/c11-7(9(12)13)8(10(14)15(16)17)18-6-4-2-1-3-5-6/h1-5,16H/q-1/b10-8-. The summed E-state index contributed by atoms with van der Waals surface area (Å²) in [5, 5.41) is 18.5. The van der Waals surface area contributed by atoms with Gasteiger partial charge in [-0.1, -0.05) is 76.4 Å². The predicted molar refractivity (Wildman–Crippen MR) is 76.8 cm³/mol. The van der Waals surface area contributed by atoms with Crippen molar-refractivity contribution in [1.82, 2.24) is 5.23 Å². The molecule has 0 aliphatic rings. The number of halogens is 4. The molecule has 0 saturated carbocycles. The Balaban J connectivity index is 3.16. The minimum absolute atomic E-state index is 0.0574. The van der Waals surface area contributed by atoms with E-state index in [4.69, 9.17) is 51.6 Å². The van der Waals surface area contributed by atoms with Crippen molar-refractivity contribution in [2.45, 2.75) is 4.90 Å². The molecular formula is C10H6Cl4NO2S-. The predicted octanol–water partition coefficient (Wildman–Crippen LogP) is 5.26. The first-order valence-corrected chi connectivity index (χ1v) is 6.76. The van der Waals surface area contributed by atoms with Gasteiger partial charge in [-0.05, 0) is 12.1 Å². The summed E-state index contributed by atoms with van der Waals surface area (Å²) in [7, 11) is 0. The average Bonchev–Trinajstić information content (AvgIpc) is 2.35. The molecule has 0 spiro atoms. The highest BCUT2D eigenvalue weighted by molar-refractivity contribution is 8.03. The lowest BCUT2D eigenvalue weighted by atomic mass is 10.4. The van der Waals surface area contributed by atoms with E-state index in [1.54, 1.807) is 24.3 Å². The van der Waals surface area contributed by atoms with Crippen molar-refractivity contribution in [2.24, 2.45) is 0 Å². The van der Waals surface area contributed by atoms with E-state index in [1.807, 2.05) is 6.07 Å². The van der Waals surface area contributed by atoms with Gasteiger partial charge in [0.15, 0.2) is 0 Å². The second-order valence-electron chi connectivity index (χ2n) is 2.88. The van der Waals surface area contributed by atoms with Gasteiger partial charge in [-0.3, -0.25) is 5.21 Å². The maximum atomic E-state index is 10.8. The highest BCUT2D eigenvalue weighted by atomic mass is 35.5. The first-order chi connectivity index (χ1) is 8.43. The zero-order chi connectivity index (χ0) is 13.7. The fourth-order valence-electron chi connectivity index (χ4n) is 0.957. The van der Waals surface area contributed by atoms with Crippen LogP contribution in [0.1, 0.15) is 0 Å². The monoisotopic (exact) mass is 344 g/mol. The van der Waals surface area contributed by atoms with Crippen molar-refractivity contribution in [3.8, 4) is 0 Å². The summed E-state index contributed by atoms with van der Waals surface area (Å²) in [6.07, 6.45) is 0. The van der Waals surface area contributed by atoms with Crippen LogP contribution >= 0.6 is 58.2 Å². The van der Waals surface area contributed by atoms with Gasteiger partial charge in [-0.2, -0.15) is 0 Å². The lowest BCUT2D eigenvalue weighted by Crippen LogP contribution is -2.07. The first-order valence-electron chi connectivity index (χ1n) is 4.43. The third-order valence-corrected chi connectivity index (χ3v) is 4.30. The second kappa shape index (κ2) is 7.50. The Kier molecular flexibility index (Phi) is 6.66.